The van der Waals surface area contributed by atoms with Crippen LogP contribution in [0.1, 0.15) is 18.0 Å². The number of hydrogen-bond donors (Lipinski definition) is 2. The van der Waals surface area contributed by atoms with Crippen molar-refractivity contribution in [2.75, 3.05) is 0 Å². The van der Waals surface area contributed by atoms with Crippen molar-refractivity contribution >= 4 is 6.09 Å². The molecule has 3 nitrogen and oxygen atoms in total. The minimum Gasteiger partial charge on any atom is -0.465 e. The predicted octanol–water partition coefficient (Wildman–Crippen LogP) is 2.02. The van der Waals surface area contributed by atoms with Gasteiger partial charge in [0.1, 0.15) is 0 Å². The Morgan fingerprint density at radius 1 is 1.50 bits per heavy atom. The lowest BCUT2D eigenvalue weighted by Crippen LogP contribution is -2.26. The summed E-state index contributed by atoms with van der Waals surface area (Å²) in [6, 6.07) is 8.94. The fraction of sp³-hybridized carbons (Fsp3) is 0.182. The minimum absolute atomic E-state index is 0.321. The minimum atomic E-state index is -1.06. The summed E-state index contributed by atoms with van der Waals surface area (Å²) in [4.78, 5) is 10.5. The van der Waals surface area contributed by atoms with E-state index in [1.807, 2.05) is 30.3 Å². The maximum Gasteiger partial charge on any atom is 0.405 e. The van der Waals surface area contributed by atoms with Crippen molar-refractivity contribution in [2.45, 2.75) is 12.5 Å². The van der Waals surface area contributed by atoms with E-state index < -0.39 is 6.09 Å². The van der Waals surface area contributed by atoms with Crippen LogP contribution in [0.2, 0.25) is 0 Å². The van der Waals surface area contributed by atoms with Crippen LogP contribution >= 0.6 is 0 Å². The first-order valence-corrected chi connectivity index (χ1v) is 4.22. The van der Waals surface area contributed by atoms with Crippen LogP contribution < -0.4 is 5.32 Å². The highest BCUT2D eigenvalue weighted by atomic mass is 16.4. The Morgan fingerprint density at radius 3 is 2.64 bits per heavy atom. The number of hydrogen-bond acceptors (Lipinski definition) is 1. The summed E-state index contributed by atoms with van der Waals surface area (Å²) in [5.74, 6) is 2.45. The van der Waals surface area contributed by atoms with Gasteiger partial charge in [0.15, 0.2) is 0 Å². The molecule has 1 amide bonds. The van der Waals surface area contributed by atoms with Crippen LogP contribution in [0.15, 0.2) is 30.3 Å². The van der Waals surface area contributed by atoms with Crippen molar-refractivity contribution in [3.63, 3.8) is 0 Å². The van der Waals surface area contributed by atoms with E-state index >= 15 is 0 Å². The average Bonchev–Trinajstić information content (AvgIpc) is 2.18. The number of carbonyl (C=O) groups is 1. The SMILES string of the molecule is C#CCC(NC(=O)O)c1ccccc1. The zero-order valence-electron chi connectivity index (χ0n) is 7.60. The normalized spacial score (nSPS) is 11.4. The van der Waals surface area contributed by atoms with Gasteiger partial charge < -0.3 is 10.4 Å². The third kappa shape index (κ3) is 2.83. The van der Waals surface area contributed by atoms with E-state index in [2.05, 4.69) is 11.2 Å². The van der Waals surface area contributed by atoms with E-state index in [1.54, 1.807) is 0 Å². The Kier molecular flexibility index (Phi) is 3.57. The van der Waals surface area contributed by atoms with Crippen LogP contribution in [0, 0.1) is 12.3 Å². The second kappa shape index (κ2) is 4.93. The average molecular weight is 189 g/mol. The lowest BCUT2D eigenvalue weighted by atomic mass is 10.0. The number of amides is 1. The molecule has 1 aromatic carbocycles. The zero-order valence-corrected chi connectivity index (χ0v) is 7.60. The molecule has 0 saturated carbocycles. The van der Waals surface area contributed by atoms with Crippen LogP contribution in [-0.2, 0) is 0 Å². The smallest absolute Gasteiger partial charge is 0.405 e. The highest BCUT2D eigenvalue weighted by Crippen LogP contribution is 2.15. The van der Waals surface area contributed by atoms with Crippen LogP contribution in [0.4, 0.5) is 4.79 Å². The number of nitrogens with one attached hydrogen (secondary N) is 1. The lowest BCUT2D eigenvalue weighted by Gasteiger charge is -2.14. The van der Waals surface area contributed by atoms with E-state index in [9.17, 15) is 4.79 Å². The van der Waals surface area contributed by atoms with Crippen molar-refractivity contribution < 1.29 is 9.90 Å². The summed E-state index contributed by atoms with van der Waals surface area (Å²) in [5.41, 5.74) is 0.882. The molecule has 0 aliphatic rings. The Balaban J connectivity index is 2.78. The maximum absolute atomic E-state index is 10.5. The molecule has 14 heavy (non-hydrogen) atoms. The molecular formula is C11H11NO2. The number of carboxylic acid groups (broad SMARTS) is 1. The van der Waals surface area contributed by atoms with Gasteiger partial charge in [-0.1, -0.05) is 30.3 Å². The summed E-state index contributed by atoms with van der Waals surface area (Å²) < 4.78 is 0. The van der Waals surface area contributed by atoms with E-state index in [0.717, 1.165) is 5.56 Å². The van der Waals surface area contributed by atoms with E-state index in [1.165, 1.54) is 0 Å². The first-order chi connectivity index (χ1) is 6.74. The molecule has 3 heteroatoms. The van der Waals surface area contributed by atoms with Gasteiger partial charge in [-0.15, -0.1) is 12.3 Å². The monoisotopic (exact) mass is 189 g/mol. The van der Waals surface area contributed by atoms with Gasteiger partial charge in [0.2, 0.25) is 0 Å². The van der Waals surface area contributed by atoms with Crippen molar-refractivity contribution in [1.82, 2.24) is 5.32 Å². The van der Waals surface area contributed by atoms with Crippen LogP contribution in [0.5, 0.6) is 0 Å². The maximum atomic E-state index is 10.5. The topological polar surface area (TPSA) is 49.3 Å². The Labute approximate surface area is 82.8 Å². The van der Waals surface area contributed by atoms with Gasteiger partial charge in [-0.25, -0.2) is 4.79 Å². The summed E-state index contributed by atoms with van der Waals surface area (Å²) >= 11 is 0. The van der Waals surface area contributed by atoms with E-state index in [4.69, 9.17) is 11.5 Å². The van der Waals surface area contributed by atoms with Crippen molar-refractivity contribution in [3.05, 3.63) is 35.9 Å². The largest absolute Gasteiger partial charge is 0.465 e. The Bertz CT molecular complexity index is 340. The van der Waals surface area contributed by atoms with Gasteiger partial charge in [-0.05, 0) is 5.56 Å². The molecule has 0 fully saturated rings. The van der Waals surface area contributed by atoms with E-state index in [0.29, 0.717) is 6.42 Å². The highest BCUT2D eigenvalue weighted by molar-refractivity contribution is 5.65. The highest BCUT2D eigenvalue weighted by Gasteiger charge is 2.11. The molecule has 1 aromatic rings. The van der Waals surface area contributed by atoms with Crippen LogP contribution in [0.25, 0.3) is 0 Å². The van der Waals surface area contributed by atoms with Gasteiger partial charge >= 0.3 is 6.09 Å². The first-order valence-electron chi connectivity index (χ1n) is 4.22. The quantitative estimate of drug-likeness (QED) is 0.714. The third-order valence-corrected chi connectivity index (χ3v) is 1.82. The molecule has 1 rings (SSSR count). The molecule has 0 aliphatic heterocycles. The van der Waals surface area contributed by atoms with Crippen LogP contribution in [-0.4, -0.2) is 11.2 Å². The number of terminal acetylenes is 1. The molecule has 1 atom stereocenters. The molecule has 2 N–H and O–H groups in total. The molecule has 0 heterocycles. The summed E-state index contributed by atoms with van der Waals surface area (Å²) in [7, 11) is 0. The summed E-state index contributed by atoms with van der Waals surface area (Å²) in [5, 5.41) is 11.0. The Hall–Kier alpha value is -1.95. The van der Waals surface area contributed by atoms with Gasteiger partial charge in [0, 0.05) is 6.42 Å². The number of benzene rings is 1. The molecule has 1 unspecified atom stereocenters. The van der Waals surface area contributed by atoms with Gasteiger partial charge in [0.25, 0.3) is 0 Å². The standard InChI is InChI=1S/C11H11NO2/c1-2-6-10(12-11(13)14)9-7-4-3-5-8-9/h1,3-5,7-8,10,12H,6H2,(H,13,14). The molecule has 0 saturated heterocycles. The Morgan fingerprint density at radius 2 is 2.14 bits per heavy atom. The molecule has 0 spiro atoms. The first kappa shape index (κ1) is 10.1. The lowest BCUT2D eigenvalue weighted by molar-refractivity contribution is 0.190. The molecule has 72 valence electrons. The molecule has 0 aliphatic carbocycles. The fourth-order valence-corrected chi connectivity index (χ4v) is 1.20. The fourth-order valence-electron chi connectivity index (χ4n) is 1.20. The molecule has 0 bridgehead atoms. The second-order valence-corrected chi connectivity index (χ2v) is 2.82. The summed E-state index contributed by atoms with van der Waals surface area (Å²) in [6.45, 7) is 0. The predicted molar refractivity (Wildman–Crippen MR) is 53.8 cm³/mol. The number of rotatable bonds is 3. The van der Waals surface area contributed by atoms with Crippen molar-refractivity contribution in [3.8, 4) is 12.3 Å². The van der Waals surface area contributed by atoms with Gasteiger partial charge in [0.05, 0.1) is 6.04 Å². The third-order valence-electron chi connectivity index (χ3n) is 1.82. The molecule has 0 radical (unpaired) electrons. The zero-order chi connectivity index (χ0) is 10.4. The van der Waals surface area contributed by atoms with E-state index in [-0.39, 0.29) is 6.04 Å². The summed E-state index contributed by atoms with van der Waals surface area (Å²) in [6.07, 6.45) is 4.46. The van der Waals surface area contributed by atoms with Gasteiger partial charge in [-0.2, -0.15) is 0 Å². The molecule has 0 aromatic heterocycles. The molecular weight excluding hydrogens is 178 g/mol. The van der Waals surface area contributed by atoms with Crippen molar-refractivity contribution in [2.24, 2.45) is 0 Å². The van der Waals surface area contributed by atoms with Gasteiger partial charge in [-0.3, -0.25) is 0 Å². The second-order valence-electron chi connectivity index (χ2n) is 2.82. The van der Waals surface area contributed by atoms with Crippen LogP contribution in [0.3, 0.4) is 0 Å². The van der Waals surface area contributed by atoms with Crippen molar-refractivity contribution in [1.29, 1.82) is 0 Å².